The normalized spacial score (nSPS) is 19.7. The number of ketones is 1. The molecule has 0 aliphatic heterocycles. The molecule has 2 aromatic rings. The highest BCUT2D eigenvalue weighted by Crippen LogP contribution is 2.41. The number of carboxylic acid groups (broad SMARTS) is 1. The van der Waals surface area contributed by atoms with E-state index in [1.807, 2.05) is 82.3 Å². The lowest BCUT2D eigenvalue weighted by atomic mass is 9.68. The highest BCUT2D eigenvalue weighted by molar-refractivity contribution is 6.19. The first-order valence-corrected chi connectivity index (χ1v) is 14.0. The quantitative estimate of drug-likeness (QED) is 0.251. The van der Waals surface area contributed by atoms with Crippen LogP contribution >= 0.6 is 0 Å². The number of aliphatic hydroxyl groups excluding tert-OH is 1. The van der Waals surface area contributed by atoms with Crippen LogP contribution in [0.4, 0.5) is 0 Å². The minimum Gasteiger partial charge on any atom is -0.489 e. The number of rotatable bonds is 11. The fraction of sp³-hybridized carbons (Fsp3) is 0.471. The zero-order valence-electron chi connectivity index (χ0n) is 24.4. The molecule has 0 radical (unpaired) electrons. The molecule has 0 aromatic heterocycles. The molecule has 40 heavy (non-hydrogen) atoms. The van der Waals surface area contributed by atoms with Crippen LogP contribution in [0.3, 0.4) is 0 Å². The van der Waals surface area contributed by atoms with Crippen LogP contribution in [0.5, 0.6) is 5.75 Å². The zero-order valence-corrected chi connectivity index (χ0v) is 24.4. The van der Waals surface area contributed by atoms with Crippen LogP contribution in [-0.4, -0.2) is 35.2 Å². The van der Waals surface area contributed by atoms with Gasteiger partial charge in [0.25, 0.3) is 0 Å². The standard InChI is InChI=1S/C34H42O6/c1-22(15-17-28-30(33(37)38)32(36)24(3)20-34(28,4)5)31(35)23(2)16-18-29(39-6)26-13-10-14-27(19-26)40-21-25-11-8-7-9-12-25/h7-14,19,22-24,29,31,35H,16,18,20-21H2,1-6H3,(H,37,38)/t22-,23-,24+,29-,31-/m0/s1. The van der Waals surface area contributed by atoms with Gasteiger partial charge < -0.3 is 19.7 Å². The number of carboxylic acids is 1. The summed E-state index contributed by atoms with van der Waals surface area (Å²) >= 11 is 0. The molecule has 0 bridgehead atoms. The average molecular weight is 547 g/mol. The topological polar surface area (TPSA) is 93.1 Å². The Hall–Kier alpha value is -3.40. The number of carbonyl (C=O) groups excluding carboxylic acids is 1. The van der Waals surface area contributed by atoms with Gasteiger partial charge in [-0.15, -0.1) is 0 Å². The molecule has 6 heteroatoms. The minimum absolute atomic E-state index is 0.0755. The Bertz CT molecular complexity index is 1270. The molecule has 5 atom stereocenters. The van der Waals surface area contributed by atoms with E-state index in [-0.39, 0.29) is 29.3 Å². The van der Waals surface area contributed by atoms with E-state index >= 15 is 0 Å². The predicted molar refractivity (Wildman–Crippen MR) is 156 cm³/mol. The Labute approximate surface area is 238 Å². The van der Waals surface area contributed by atoms with E-state index in [0.717, 1.165) is 16.9 Å². The summed E-state index contributed by atoms with van der Waals surface area (Å²) in [5.74, 6) is 4.36. The van der Waals surface area contributed by atoms with Gasteiger partial charge in [0.1, 0.15) is 17.9 Å². The smallest absolute Gasteiger partial charge is 0.340 e. The van der Waals surface area contributed by atoms with Gasteiger partial charge in [-0.3, -0.25) is 4.79 Å². The van der Waals surface area contributed by atoms with Crippen molar-refractivity contribution in [2.75, 3.05) is 7.11 Å². The molecule has 0 spiro atoms. The molecule has 0 unspecified atom stereocenters. The van der Waals surface area contributed by atoms with E-state index in [1.54, 1.807) is 14.0 Å². The summed E-state index contributed by atoms with van der Waals surface area (Å²) < 4.78 is 11.8. The lowest BCUT2D eigenvalue weighted by Crippen LogP contribution is -2.34. The van der Waals surface area contributed by atoms with Crippen molar-refractivity contribution < 1.29 is 29.3 Å². The molecule has 214 valence electrons. The molecule has 6 nitrogen and oxygen atoms in total. The fourth-order valence-electron chi connectivity index (χ4n) is 5.43. The predicted octanol–water partition coefficient (Wildman–Crippen LogP) is 6.39. The van der Waals surface area contributed by atoms with E-state index in [1.165, 1.54) is 0 Å². The number of allylic oxidation sites excluding steroid dienone is 1. The molecule has 1 aliphatic rings. The Morgan fingerprint density at radius 1 is 1.10 bits per heavy atom. The van der Waals surface area contributed by atoms with Crippen LogP contribution < -0.4 is 4.74 Å². The molecule has 2 aromatic carbocycles. The number of hydrogen-bond donors (Lipinski definition) is 2. The lowest BCUT2D eigenvalue weighted by molar-refractivity contribution is -0.136. The third-order valence-corrected chi connectivity index (χ3v) is 7.82. The lowest BCUT2D eigenvalue weighted by Gasteiger charge is -2.34. The van der Waals surface area contributed by atoms with Crippen LogP contribution in [0, 0.1) is 35.0 Å². The number of aliphatic carboxylic acids is 1. The average Bonchev–Trinajstić information content (AvgIpc) is 2.93. The first-order chi connectivity index (χ1) is 18.9. The first-order valence-electron chi connectivity index (χ1n) is 14.0. The molecule has 0 saturated heterocycles. The van der Waals surface area contributed by atoms with Gasteiger partial charge in [0.2, 0.25) is 0 Å². The zero-order chi connectivity index (χ0) is 29.4. The number of methoxy groups -OCH3 is 1. The number of hydrogen-bond acceptors (Lipinski definition) is 5. The van der Waals surface area contributed by atoms with Crippen LogP contribution in [0.2, 0.25) is 0 Å². The summed E-state index contributed by atoms with van der Waals surface area (Å²) in [6.07, 6.45) is 1.06. The summed E-state index contributed by atoms with van der Waals surface area (Å²) in [5.41, 5.74) is 1.71. The van der Waals surface area contributed by atoms with Crippen molar-refractivity contribution in [2.24, 2.45) is 23.2 Å². The number of Topliss-reactive ketones (excluding diaryl/α,β-unsaturated/α-hetero) is 1. The first kappa shape index (κ1) is 31.1. The summed E-state index contributed by atoms with van der Waals surface area (Å²) in [4.78, 5) is 24.5. The van der Waals surface area contributed by atoms with Gasteiger partial charge in [-0.25, -0.2) is 4.79 Å². The molecule has 0 amide bonds. The number of aliphatic hydroxyl groups is 1. The van der Waals surface area contributed by atoms with Gasteiger partial charge in [0.05, 0.1) is 12.2 Å². The SMILES string of the molecule is CO[C@@H](CC[C@H](C)[C@@H](O)[C@@H](C)C#CC1=C(C(=O)O)C(=O)[C@H](C)CC1(C)C)c1cccc(OCc2ccccc2)c1. The van der Waals surface area contributed by atoms with Gasteiger partial charge in [0.15, 0.2) is 5.78 Å². The molecule has 0 saturated carbocycles. The maximum Gasteiger partial charge on any atom is 0.340 e. The van der Waals surface area contributed by atoms with Crippen molar-refractivity contribution >= 4 is 11.8 Å². The summed E-state index contributed by atoms with van der Waals surface area (Å²) in [5, 5.41) is 20.7. The van der Waals surface area contributed by atoms with Crippen molar-refractivity contribution in [3.05, 3.63) is 76.9 Å². The number of carbonyl (C=O) groups is 2. The van der Waals surface area contributed by atoms with Crippen LogP contribution in [0.25, 0.3) is 0 Å². The number of ether oxygens (including phenoxy) is 2. The molecule has 2 N–H and O–H groups in total. The van der Waals surface area contributed by atoms with E-state index in [9.17, 15) is 19.8 Å². The van der Waals surface area contributed by atoms with Gasteiger partial charge in [-0.2, -0.15) is 0 Å². The van der Waals surface area contributed by atoms with Crippen molar-refractivity contribution in [3.63, 3.8) is 0 Å². The molecular formula is C34H42O6. The van der Waals surface area contributed by atoms with Gasteiger partial charge in [-0.05, 0) is 60.8 Å². The monoisotopic (exact) mass is 546 g/mol. The van der Waals surface area contributed by atoms with Crippen molar-refractivity contribution in [2.45, 2.75) is 72.7 Å². The largest absolute Gasteiger partial charge is 0.489 e. The molecule has 0 fully saturated rings. The van der Waals surface area contributed by atoms with Crippen molar-refractivity contribution in [1.29, 1.82) is 0 Å². The Kier molecular flexibility index (Phi) is 10.7. The fourth-order valence-corrected chi connectivity index (χ4v) is 5.43. The van der Waals surface area contributed by atoms with E-state index < -0.39 is 23.4 Å². The molecule has 3 rings (SSSR count). The second-order valence-corrected chi connectivity index (χ2v) is 11.6. The van der Waals surface area contributed by atoms with Crippen LogP contribution in [-0.2, 0) is 20.9 Å². The maximum absolute atomic E-state index is 12.6. The van der Waals surface area contributed by atoms with E-state index in [2.05, 4.69) is 11.8 Å². The third-order valence-electron chi connectivity index (χ3n) is 7.82. The Morgan fingerprint density at radius 3 is 2.45 bits per heavy atom. The summed E-state index contributed by atoms with van der Waals surface area (Å²) in [7, 11) is 1.68. The third kappa shape index (κ3) is 7.84. The van der Waals surface area contributed by atoms with Gasteiger partial charge in [0, 0.05) is 24.5 Å². The molecular weight excluding hydrogens is 504 g/mol. The van der Waals surface area contributed by atoms with Crippen LogP contribution in [0.15, 0.2) is 65.7 Å². The Morgan fingerprint density at radius 2 is 1.80 bits per heavy atom. The molecule has 0 heterocycles. The van der Waals surface area contributed by atoms with E-state index in [4.69, 9.17) is 9.47 Å². The van der Waals surface area contributed by atoms with Crippen molar-refractivity contribution in [3.8, 4) is 17.6 Å². The highest BCUT2D eigenvalue weighted by atomic mass is 16.5. The van der Waals surface area contributed by atoms with Crippen LogP contribution in [0.1, 0.15) is 71.1 Å². The second kappa shape index (κ2) is 13.8. The van der Waals surface area contributed by atoms with E-state index in [0.29, 0.717) is 31.4 Å². The van der Waals surface area contributed by atoms with Gasteiger partial charge in [-0.1, -0.05) is 82.0 Å². The van der Waals surface area contributed by atoms with Gasteiger partial charge >= 0.3 is 5.97 Å². The molecule has 1 aliphatic carbocycles. The number of benzene rings is 2. The Balaban J connectivity index is 1.64. The van der Waals surface area contributed by atoms with Crippen molar-refractivity contribution in [1.82, 2.24) is 0 Å². The second-order valence-electron chi connectivity index (χ2n) is 11.6. The maximum atomic E-state index is 12.6. The summed E-state index contributed by atoms with van der Waals surface area (Å²) in [6, 6.07) is 17.9. The minimum atomic E-state index is -1.24. The summed E-state index contributed by atoms with van der Waals surface area (Å²) in [6.45, 7) is 9.88. The highest BCUT2D eigenvalue weighted by Gasteiger charge is 2.40.